The van der Waals surface area contributed by atoms with Gasteiger partial charge in [0.2, 0.25) is 0 Å². The number of nitrogens with zero attached hydrogens (tertiary/aromatic N) is 1. The summed E-state index contributed by atoms with van der Waals surface area (Å²) in [7, 11) is 0. The van der Waals surface area contributed by atoms with Crippen LogP contribution in [0.5, 0.6) is 0 Å². The Hall–Kier alpha value is -1.67. The van der Waals surface area contributed by atoms with Crippen molar-refractivity contribution in [3.8, 4) is 0 Å². The summed E-state index contributed by atoms with van der Waals surface area (Å²) in [4.78, 5) is 4.09. The van der Waals surface area contributed by atoms with Gasteiger partial charge in [0.1, 0.15) is 0 Å². The summed E-state index contributed by atoms with van der Waals surface area (Å²) in [5, 5.41) is 8.99. The molecular weight excluding hydrogens is 186 g/mol. The number of hydrogen-bond acceptors (Lipinski definition) is 2. The largest absolute Gasteiger partial charge is 0.392 e. The van der Waals surface area contributed by atoms with Crippen molar-refractivity contribution in [2.45, 2.75) is 13.0 Å². The molecule has 0 aliphatic carbocycles. The van der Waals surface area contributed by atoms with Gasteiger partial charge in [-0.25, -0.2) is 0 Å². The summed E-state index contributed by atoms with van der Waals surface area (Å²) in [5.74, 6) is 0. The van der Waals surface area contributed by atoms with Crippen LogP contribution in [0.4, 0.5) is 0 Å². The molecule has 0 atom stereocenters. The second-order valence-electron chi connectivity index (χ2n) is 3.52. The van der Waals surface area contributed by atoms with E-state index in [9.17, 15) is 0 Å². The van der Waals surface area contributed by atoms with E-state index in [1.807, 2.05) is 30.5 Å². The summed E-state index contributed by atoms with van der Waals surface area (Å²) >= 11 is 0. The Labute approximate surface area is 89.2 Å². The van der Waals surface area contributed by atoms with E-state index in [-0.39, 0.29) is 6.61 Å². The van der Waals surface area contributed by atoms with Crippen LogP contribution in [0.3, 0.4) is 0 Å². The van der Waals surface area contributed by atoms with Crippen LogP contribution in [-0.4, -0.2) is 10.1 Å². The quantitative estimate of drug-likeness (QED) is 0.821. The zero-order valence-electron chi connectivity index (χ0n) is 8.43. The number of aliphatic hydroxyl groups excluding tert-OH is 1. The van der Waals surface area contributed by atoms with Crippen LogP contribution in [0.2, 0.25) is 0 Å². The Morgan fingerprint density at radius 2 is 1.67 bits per heavy atom. The zero-order chi connectivity index (χ0) is 10.5. The minimum absolute atomic E-state index is 0.0512. The highest BCUT2D eigenvalue weighted by atomic mass is 16.3. The number of aromatic nitrogens is 1. The van der Waals surface area contributed by atoms with Gasteiger partial charge in [-0.1, -0.05) is 36.4 Å². The van der Waals surface area contributed by atoms with Gasteiger partial charge < -0.3 is 5.11 Å². The highest BCUT2D eigenvalue weighted by Crippen LogP contribution is 2.09. The first kappa shape index (κ1) is 9.87. The van der Waals surface area contributed by atoms with E-state index in [1.165, 1.54) is 5.56 Å². The van der Waals surface area contributed by atoms with Crippen LogP contribution in [0.25, 0.3) is 0 Å². The van der Waals surface area contributed by atoms with Gasteiger partial charge in [0.15, 0.2) is 0 Å². The summed E-state index contributed by atoms with van der Waals surface area (Å²) < 4.78 is 0. The predicted octanol–water partition coefficient (Wildman–Crippen LogP) is 2.16. The summed E-state index contributed by atoms with van der Waals surface area (Å²) in [6, 6.07) is 12.2. The second kappa shape index (κ2) is 4.71. The van der Waals surface area contributed by atoms with E-state index < -0.39 is 0 Å². The molecule has 0 radical (unpaired) electrons. The lowest BCUT2D eigenvalue weighted by molar-refractivity contribution is 0.281. The van der Waals surface area contributed by atoms with Crippen molar-refractivity contribution in [2.24, 2.45) is 0 Å². The Morgan fingerprint density at radius 3 is 2.40 bits per heavy atom. The molecule has 0 amide bonds. The third kappa shape index (κ3) is 2.64. The molecule has 76 valence electrons. The molecule has 0 bridgehead atoms. The Morgan fingerprint density at radius 1 is 0.933 bits per heavy atom. The molecule has 1 heterocycles. The summed E-state index contributed by atoms with van der Waals surface area (Å²) in [6.07, 6.45) is 4.39. The van der Waals surface area contributed by atoms with Gasteiger partial charge in [-0.3, -0.25) is 4.98 Å². The Balaban J connectivity index is 2.17. The van der Waals surface area contributed by atoms with Crippen LogP contribution in [0, 0.1) is 0 Å². The van der Waals surface area contributed by atoms with Gasteiger partial charge >= 0.3 is 0 Å². The number of aliphatic hydroxyl groups is 1. The van der Waals surface area contributed by atoms with Crippen molar-refractivity contribution >= 4 is 0 Å². The van der Waals surface area contributed by atoms with E-state index in [0.717, 1.165) is 17.5 Å². The molecule has 0 aliphatic heterocycles. The lowest BCUT2D eigenvalue weighted by Gasteiger charge is -2.02. The molecule has 2 rings (SSSR count). The standard InChI is InChI=1S/C13H13NO/c15-10-13-7-12(8-14-9-13)6-11-4-2-1-3-5-11/h1-5,7-9,15H,6,10H2. The molecule has 2 nitrogen and oxygen atoms in total. The maximum atomic E-state index is 8.99. The summed E-state index contributed by atoms with van der Waals surface area (Å²) in [5.41, 5.74) is 3.26. The molecule has 1 aromatic carbocycles. The molecule has 0 fully saturated rings. The van der Waals surface area contributed by atoms with Crippen LogP contribution < -0.4 is 0 Å². The van der Waals surface area contributed by atoms with Gasteiger partial charge in [0.05, 0.1) is 6.61 Å². The molecule has 0 spiro atoms. The third-order valence-corrected chi connectivity index (χ3v) is 2.29. The van der Waals surface area contributed by atoms with Crippen molar-refractivity contribution in [1.82, 2.24) is 4.98 Å². The summed E-state index contributed by atoms with van der Waals surface area (Å²) in [6.45, 7) is 0.0512. The van der Waals surface area contributed by atoms with E-state index in [4.69, 9.17) is 5.11 Å². The average Bonchev–Trinajstić information content (AvgIpc) is 2.31. The van der Waals surface area contributed by atoms with Crippen molar-refractivity contribution in [3.63, 3.8) is 0 Å². The number of rotatable bonds is 3. The third-order valence-electron chi connectivity index (χ3n) is 2.29. The van der Waals surface area contributed by atoms with Gasteiger partial charge in [-0.15, -0.1) is 0 Å². The lowest BCUT2D eigenvalue weighted by Crippen LogP contribution is -1.92. The van der Waals surface area contributed by atoms with Crippen LogP contribution in [0.15, 0.2) is 48.8 Å². The van der Waals surface area contributed by atoms with Crippen LogP contribution in [-0.2, 0) is 13.0 Å². The smallest absolute Gasteiger partial charge is 0.0696 e. The molecule has 15 heavy (non-hydrogen) atoms. The Bertz CT molecular complexity index is 426. The fraction of sp³-hybridized carbons (Fsp3) is 0.154. The molecule has 1 aromatic heterocycles. The number of hydrogen-bond donors (Lipinski definition) is 1. The van der Waals surface area contributed by atoms with Crippen molar-refractivity contribution in [3.05, 3.63) is 65.5 Å². The second-order valence-corrected chi connectivity index (χ2v) is 3.52. The normalized spacial score (nSPS) is 10.2. The van der Waals surface area contributed by atoms with Gasteiger partial charge in [0, 0.05) is 12.4 Å². The Kier molecular flexibility index (Phi) is 3.10. The van der Waals surface area contributed by atoms with Crippen molar-refractivity contribution < 1.29 is 5.11 Å². The zero-order valence-corrected chi connectivity index (χ0v) is 8.43. The van der Waals surface area contributed by atoms with Crippen LogP contribution >= 0.6 is 0 Å². The molecule has 2 aromatic rings. The SMILES string of the molecule is OCc1cncc(Cc2ccccc2)c1. The first-order valence-electron chi connectivity index (χ1n) is 4.96. The van der Waals surface area contributed by atoms with Crippen LogP contribution in [0.1, 0.15) is 16.7 Å². The number of benzene rings is 1. The first-order chi connectivity index (χ1) is 7.38. The maximum Gasteiger partial charge on any atom is 0.0696 e. The topological polar surface area (TPSA) is 33.1 Å². The van der Waals surface area contributed by atoms with E-state index in [2.05, 4.69) is 17.1 Å². The first-order valence-corrected chi connectivity index (χ1v) is 4.96. The highest BCUT2D eigenvalue weighted by molar-refractivity contribution is 5.26. The minimum atomic E-state index is 0.0512. The molecule has 0 aliphatic rings. The molecular formula is C13H13NO. The fourth-order valence-electron chi connectivity index (χ4n) is 1.56. The maximum absolute atomic E-state index is 8.99. The minimum Gasteiger partial charge on any atom is -0.392 e. The monoisotopic (exact) mass is 199 g/mol. The van der Waals surface area contributed by atoms with Gasteiger partial charge in [0.25, 0.3) is 0 Å². The average molecular weight is 199 g/mol. The fourth-order valence-corrected chi connectivity index (χ4v) is 1.56. The highest BCUT2D eigenvalue weighted by Gasteiger charge is 1.97. The molecule has 0 saturated heterocycles. The van der Waals surface area contributed by atoms with Crippen molar-refractivity contribution in [1.29, 1.82) is 0 Å². The van der Waals surface area contributed by atoms with Gasteiger partial charge in [-0.2, -0.15) is 0 Å². The predicted molar refractivity (Wildman–Crippen MR) is 59.4 cm³/mol. The molecule has 0 unspecified atom stereocenters. The number of pyridine rings is 1. The van der Waals surface area contributed by atoms with Crippen molar-refractivity contribution in [2.75, 3.05) is 0 Å². The molecule has 0 saturated carbocycles. The van der Waals surface area contributed by atoms with E-state index >= 15 is 0 Å². The lowest BCUT2D eigenvalue weighted by atomic mass is 10.1. The molecule has 2 heteroatoms. The van der Waals surface area contributed by atoms with E-state index in [0.29, 0.717) is 0 Å². The van der Waals surface area contributed by atoms with E-state index in [1.54, 1.807) is 6.20 Å². The molecule has 1 N–H and O–H groups in total. The van der Waals surface area contributed by atoms with Gasteiger partial charge in [-0.05, 0) is 23.1 Å².